The highest BCUT2D eigenvalue weighted by molar-refractivity contribution is 5.98. The molecule has 1 unspecified atom stereocenters. The number of carbonyl (C=O) groups excluding carboxylic acids is 2. The Bertz CT molecular complexity index is 782. The van der Waals surface area contributed by atoms with Gasteiger partial charge in [-0.3, -0.25) is 14.6 Å². The highest BCUT2D eigenvalue weighted by Crippen LogP contribution is 2.21. The molecule has 27 heavy (non-hydrogen) atoms. The molecule has 1 atom stereocenters. The van der Waals surface area contributed by atoms with Gasteiger partial charge in [0.15, 0.2) is 0 Å². The van der Waals surface area contributed by atoms with E-state index < -0.39 is 6.04 Å². The van der Waals surface area contributed by atoms with Crippen molar-refractivity contribution < 1.29 is 14.3 Å². The molecule has 1 aliphatic heterocycles. The first kappa shape index (κ1) is 18.6. The van der Waals surface area contributed by atoms with Crippen molar-refractivity contribution in [2.45, 2.75) is 18.9 Å². The molecule has 1 aliphatic rings. The molecule has 0 saturated carbocycles. The van der Waals surface area contributed by atoms with Crippen molar-refractivity contribution >= 4 is 23.3 Å². The number of carbonyl (C=O) groups is 2. The topological polar surface area (TPSA) is 87.7 Å². The molecule has 0 aliphatic carbocycles. The summed E-state index contributed by atoms with van der Waals surface area (Å²) in [6.07, 6.45) is 6.23. The number of likely N-dealkylation sites (tertiary alicyclic amines) is 1. The second kappa shape index (κ2) is 8.48. The predicted octanol–water partition coefficient (Wildman–Crippen LogP) is 1.55. The molecule has 2 amide bonds. The number of benzene rings is 1. The van der Waals surface area contributed by atoms with Gasteiger partial charge >= 0.3 is 0 Å². The zero-order valence-corrected chi connectivity index (χ0v) is 15.5. The normalized spacial score (nSPS) is 16.1. The van der Waals surface area contributed by atoms with Crippen molar-refractivity contribution in [2.75, 3.05) is 37.5 Å². The van der Waals surface area contributed by atoms with Gasteiger partial charge in [0.25, 0.3) is 0 Å². The number of methoxy groups -OCH3 is 1. The van der Waals surface area contributed by atoms with E-state index in [1.54, 1.807) is 66.8 Å². The van der Waals surface area contributed by atoms with Gasteiger partial charge in [0, 0.05) is 31.7 Å². The van der Waals surface area contributed by atoms with Gasteiger partial charge < -0.3 is 19.9 Å². The molecule has 2 heterocycles. The number of likely N-dealkylation sites (N-methyl/N-ethyl adjacent to an activating group) is 1. The zero-order chi connectivity index (χ0) is 19.2. The lowest BCUT2D eigenvalue weighted by molar-refractivity contribution is -0.135. The third kappa shape index (κ3) is 4.52. The highest BCUT2D eigenvalue weighted by Gasteiger charge is 2.34. The number of nitrogens with one attached hydrogen (secondary N) is 1. The summed E-state index contributed by atoms with van der Waals surface area (Å²) < 4.78 is 5.12. The molecule has 1 fully saturated rings. The van der Waals surface area contributed by atoms with Crippen LogP contribution in [0.5, 0.6) is 5.75 Å². The van der Waals surface area contributed by atoms with Gasteiger partial charge in [-0.25, -0.2) is 4.98 Å². The van der Waals surface area contributed by atoms with E-state index in [-0.39, 0.29) is 18.4 Å². The van der Waals surface area contributed by atoms with Gasteiger partial charge in [-0.05, 0) is 37.1 Å². The Morgan fingerprint density at radius 1 is 1.30 bits per heavy atom. The fourth-order valence-corrected chi connectivity index (χ4v) is 3.10. The number of hydrogen-bond acceptors (Lipinski definition) is 6. The van der Waals surface area contributed by atoms with Gasteiger partial charge in [-0.15, -0.1) is 0 Å². The van der Waals surface area contributed by atoms with Crippen LogP contribution in [0.25, 0.3) is 0 Å². The summed E-state index contributed by atoms with van der Waals surface area (Å²) in [5, 5.41) is 2.88. The quantitative estimate of drug-likeness (QED) is 0.831. The summed E-state index contributed by atoms with van der Waals surface area (Å²) in [5.74, 6) is 1.06. The van der Waals surface area contributed by atoms with Gasteiger partial charge in [0.2, 0.25) is 11.8 Å². The Balaban J connectivity index is 1.61. The van der Waals surface area contributed by atoms with E-state index >= 15 is 0 Å². The standard InChI is InChI=1S/C19H23N5O3/c1-23(17-12-20-9-10-21-17)13-18(25)24-11-3-4-16(24)19(26)22-14-5-7-15(27-2)8-6-14/h5-10,12,16H,3-4,11,13H2,1-2H3,(H,22,26). The van der Waals surface area contributed by atoms with E-state index in [0.717, 1.165) is 12.2 Å². The fourth-order valence-electron chi connectivity index (χ4n) is 3.10. The van der Waals surface area contributed by atoms with Gasteiger partial charge in [-0.2, -0.15) is 0 Å². The van der Waals surface area contributed by atoms with Crippen LogP contribution in [-0.4, -0.2) is 60.0 Å². The first-order valence-corrected chi connectivity index (χ1v) is 8.80. The van der Waals surface area contributed by atoms with Gasteiger partial charge in [0.1, 0.15) is 17.6 Å². The molecule has 0 bridgehead atoms. The monoisotopic (exact) mass is 369 g/mol. The first-order valence-electron chi connectivity index (χ1n) is 8.80. The van der Waals surface area contributed by atoms with Crippen molar-refractivity contribution in [1.29, 1.82) is 0 Å². The maximum atomic E-state index is 12.7. The Labute approximate surface area is 158 Å². The van der Waals surface area contributed by atoms with Crippen LogP contribution in [0.4, 0.5) is 11.5 Å². The molecule has 142 valence electrons. The molecule has 1 aromatic heterocycles. The predicted molar refractivity (Wildman–Crippen MR) is 102 cm³/mol. The fraction of sp³-hybridized carbons (Fsp3) is 0.368. The van der Waals surface area contributed by atoms with E-state index in [4.69, 9.17) is 4.74 Å². The van der Waals surface area contributed by atoms with Crippen molar-refractivity contribution in [2.24, 2.45) is 0 Å². The molecule has 0 radical (unpaired) electrons. The van der Waals surface area contributed by atoms with E-state index in [2.05, 4.69) is 15.3 Å². The van der Waals surface area contributed by atoms with E-state index in [9.17, 15) is 9.59 Å². The molecule has 8 heteroatoms. The number of rotatable bonds is 6. The Kier molecular flexibility index (Phi) is 5.85. The van der Waals surface area contributed by atoms with Gasteiger partial charge in [0.05, 0.1) is 19.9 Å². The van der Waals surface area contributed by atoms with Crippen LogP contribution in [0.3, 0.4) is 0 Å². The number of anilines is 2. The van der Waals surface area contributed by atoms with Gasteiger partial charge in [-0.1, -0.05) is 0 Å². The molecular formula is C19H23N5O3. The molecule has 1 aromatic carbocycles. The Morgan fingerprint density at radius 2 is 2.07 bits per heavy atom. The lowest BCUT2D eigenvalue weighted by atomic mass is 10.2. The third-order valence-electron chi connectivity index (χ3n) is 4.55. The van der Waals surface area contributed by atoms with Crippen LogP contribution in [0.2, 0.25) is 0 Å². The van der Waals surface area contributed by atoms with Crippen molar-refractivity contribution in [3.8, 4) is 5.75 Å². The molecule has 8 nitrogen and oxygen atoms in total. The third-order valence-corrected chi connectivity index (χ3v) is 4.55. The minimum atomic E-state index is -0.463. The lowest BCUT2D eigenvalue weighted by Crippen LogP contribution is -2.46. The Hall–Kier alpha value is -3.16. The van der Waals surface area contributed by atoms with Crippen LogP contribution in [-0.2, 0) is 9.59 Å². The molecular weight excluding hydrogens is 346 g/mol. The van der Waals surface area contributed by atoms with E-state index in [1.807, 2.05) is 0 Å². The summed E-state index contributed by atoms with van der Waals surface area (Å²) in [6, 6.07) is 6.65. The second-order valence-corrected chi connectivity index (χ2v) is 6.38. The lowest BCUT2D eigenvalue weighted by Gasteiger charge is -2.26. The molecule has 1 saturated heterocycles. The molecule has 1 N–H and O–H groups in total. The second-order valence-electron chi connectivity index (χ2n) is 6.38. The van der Waals surface area contributed by atoms with Crippen molar-refractivity contribution in [1.82, 2.24) is 14.9 Å². The summed E-state index contributed by atoms with van der Waals surface area (Å²) in [5.41, 5.74) is 0.678. The Morgan fingerprint density at radius 3 is 2.74 bits per heavy atom. The summed E-state index contributed by atoms with van der Waals surface area (Å²) in [6.45, 7) is 0.721. The van der Waals surface area contributed by atoms with Crippen LogP contribution in [0, 0.1) is 0 Å². The number of ether oxygens (including phenoxy) is 1. The van der Waals surface area contributed by atoms with E-state index in [1.165, 1.54) is 0 Å². The average molecular weight is 369 g/mol. The molecule has 0 spiro atoms. The minimum absolute atomic E-state index is 0.101. The summed E-state index contributed by atoms with van der Waals surface area (Å²) in [7, 11) is 3.37. The van der Waals surface area contributed by atoms with E-state index in [0.29, 0.717) is 24.5 Å². The summed E-state index contributed by atoms with van der Waals surface area (Å²) >= 11 is 0. The maximum absolute atomic E-state index is 12.7. The van der Waals surface area contributed by atoms with Crippen molar-refractivity contribution in [3.63, 3.8) is 0 Å². The number of amides is 2. The molecule has 3 rings (SSSR count). The van der Waals surface area contributed by atoms with Crippen LogP contribution in [0.1, 0.15) is 12.8 Å². The minimum Gasteiger partial charge on any atom is -0.497 e. The van der Waals surface area contributed by atoms with Crippen LogP contribution in [0.15, 0.2) is 42.9 Å². The van der Waals surface area contributed by atoms with Crippen LogP contribution < -0.4 is 15.0 Å². The first-order chi connectivity index (χ1) is 13.1. The number of hydrogen-bond donors (Lipinski definition) is 1. The zero-order valence-electron chi connectivity index (χ0n) is 15.5. The maximum Gasteiger partial charge on any atom is 0.247 e. The number of aromatic nitrogens is 2. The smallest absolute Gasteiger partial charge is 0.247 e. The largest absolute Gasteiger partial charge is 0.497 e. The highest BCUT2D eigenvalue weighted by atomic mass is 16.5. The number of nitrogens with zero attached hydrogens (tertiary/aromatic N) is 4. The molecule has 2 aromatic rings. The van der Waals surface area contributed by atoms with Crippen molar-refractivity contribution in [3.05, 3.63) is 42.9 Å². The summed E-state index contributed by atoms with van der Waals surface area (Å²) in [4.78, 5) is 37.0. The average Bonchev–Trinajstić information content (AvgIpc) is 3.19. The SMILES string of the molecule is COc1ccc(NC(=O)C2CCCN2C(=O)CN(C)c2cnccn2)cc1. The van der Waals surface area contributed by atoms with Crippen LogP contribution >= 0.6 is 0 Å².